The van der Waals surface area contributed by atoms with Crippen LogP contribution in [-0.4, -0.2) is 30.1 Å². The van der Waals surface area contributed by atoms with Gasteiger partial charge in [-0.25, -0.2) is 13.1 Å². The van der Waals surface area contributed by atoms with Gasteiger partial charge in [0.25, 0.3) is 0 Å². The Morgan fingerprint density at radius 2 is 2.18 bits per heavy atom. The molecule has 0 aliphatic heterocycles. The maximum absolute atomic E-state index is 12.0. The Balaban J connectivity index is 2.95. The second-order valence-electron chi connectivity index (χ2n) is 4.49. The van der Waals surface area contributed by atoms with E-state index in [9.17, 15) is 13.2 Å². The van der Waals surface area contributed by atoms with Crippen molar-refractivity contribution in [2.75, 3.05) is 0 Å². The third-order valence-corrected chi connectivity index (χ3v) is 3.91. The second kappa shape index (κ2) is 4.46. The summed E-state index contributed by atoms with van der Waals surface area (Å²) in [5.74, 6) is -0.568. The van der Waals surface area contributed by atoms with E-state index in [1.807, 2.05) is 0 Å². The van der Waals surface area contributed by atoms with Gasteiger partial charge in [-0.1, -0.05) is 0 Å². The normalized spacial score (nSPS) is 12.6. The van der Waals surface area contributed by atoms with Crippen molar-refractivity contribution in [3.05, 3.63) is 11.9 Å². The lowest BCUT2D eigenvalue weighted by molar-refractivity contribution is -0.119. The standard InChI is InChI=1S/C9H16N4O3S/c1-6-7(5-11-12-6)17(15,16)13-9(2,3)4-8(10)14/h5,13H,4H2,1-3H3,(H2,10,14)(H,11,12). The second-order valence-corrected chi connectivity index (χ2v) is 6.14. The summed E-state index contributed by atoms with van der Waals surface area (Å²) < 4.78 is 26.4. The highest BCUT2D eigenvalue weighted by Crippen LogP contribution is 2.16. The Morgan fingerprint density at radius 1 is 1.59 bits per heavy atom. The number of nitrogens with two attached hydrogens (primary N) is 1. The van der Waals surface area contributed by atoms with Crippen LogP contribution in [0.2, 0.25) is 0 Å². The van der Waals surface area contributed by atoms with Gasteiger partial charge in [0.15, 0.2) is 0 Å². The molecule has 0 saturated heterocycles. The van der Waals surface area contributed by atoms with Gasteiger partial charge in [-0.2, -0.15) is 5.10 Å². The van der Waals surface area contributed by atoms with Crippen LogP contribution in [0.15, 0.2) is 11.1 Å². The van der Waals surface area contributed by atoms with Crippen molar-refractivity contribution in [3.8, 4) is 0 Å². The quantitative estimate of drug-likeness (QED) is 0.670. The summed E-state index contributed by atoms with van der Waals surface area (Å²) >= 11 is 0. The van der Waals surface area contributed by atoms with E-state index < -0.39 is 21.5 Å². The Kier molecular flexibility index (Phi) is 3.58. The maximum atomic E-state index is 12.0. The molecule has 1 rings (SSSR count). The molecule has 0 aliphatic carbocycles. The van der Waals surface area contributed by atoms with E-state index in [-0.39, 0.29) is 11.3 Å². The number of hydrogen-bond acceptors (Lipinski definition) is 4. The summed E-state index contributed by atoms with van der Waals surface area (Å²) in [5, 5.41) is 6.18. The number of rotatable bonds is 5. The minimum Gasteiger partial charge on any atom is -0.370 e. The molecule has 1 amide bonds. The van der Waals surface area contributed by atoms with Gasteiger partial charge in [0.05, 0.1) is 11.9 Å². The van der Waals surface area contributed by atoms with Crippen LogP contribution in [-0.2, 0) is 14.8 Å². The molecule has 7 nitrogen and oxygen atoms in total. The highest BCUT2D eigenvalue weighted by molar-refractivity contribution is 7.89. The van der Waals surface area contributed by atoms with Crippen molar-refractivity contribution in [1.29, 1.82) is 0 Å². The van der Waals surface area contributed by atoms with Crippen molar-refractivity contribution in [1.82, 2.24) is 14.9 Å². The summed E-state index contributed by atoms with van der Waals surface area (Å²) in [7, 11) is -3.70. The summed E-state index contributed by atoms with van der Waals surface area (Å²) in [4.78, 5) is 10.9. The van der Waals surface area contributed by atoms with E-state index in [4.69, 9.17) is 5.73 Å². The Bertz CT molecular complexity index is 518. The van der Waals surface area contributed by atoms with Crippen molar-refractivity contribution >= 4 is 15.9 Å². The maximum Gasteiger partial charge on any atom is 0.244 e. The van der Waals surface area contributed by atoms with Gasteiger partial charge in [-0.3, -0.25) is 9.89 Å². The zero-order valence-corrected chi connectivity index (χ0v) is 10.8. The van der Waals surface area contributed by atoms with E-state index >= 15 is 0 Å². The Morgan fingerprint density at radius 3 is 2.59 bits per heavy atom. The zero-order chi connectivity index (χ0) is 13.3. The van der Waals surface area contributed by atoms with Gasteiger partial charge < -0.3 is 5.73 Å². The van der Waals surface area contributed by atoms with Crippen LogP contribution in [0.5, 0.6) is 0 Å². The summed E-state index contributed by atoms with van der Waals surface area (Å²) in [6, 6.07) is 0. The van der Waals surface area contributed by atoms with Crippen molar-refractivity contribution in [2.45, 2.75) is 37.6 Å². The molecule has 0 spiro atoms. The van der Waals surface area contributed by atoms with E-state index in [2.05, 4.69) is 14.9 Å². The third-order valence-electron chi connectivity index (χ3n) is 2.10. The van der Waals surface area contributed by atoms with Crippen molar-refractivity contribution < 1.29 is 13.2 Å². The van der Waals surface area contributed by atoms with E-state index in [1.165, 1.54) is 6.20 Å². The van der Waals surface area contributed by atoms with Crippen molar-refractivity contribution in [3.63, 3.8) is 0 Å². The molecule has 96 valence electrons. The van der Waals surface area contributed by atoms with E-state index in [1.54, 1.807) is 20.8 Å². The lowest BCUT2D eigenvalue weighted by Crippen LogP contribution is -2.45. The molecule has 0 unspecified atom stereocenters. The highest BCUT2D eigenvalue weighted by atomic mass is 32.2. The molecule has 1 aromatic heterocycles. The van der Waals surface area contributed by atoms with Gasteiger partial charge in [0.1, 0.15) is 4.90 Å². The molecule has 1 aromatic rings. The van der Waals surface area contributed by atoms with E-state index in [0.29, 0.717) is 5.69 Å². The summed E-state index contributed by atoms with van der Waals surface area (Å²) in [6.45, 7) is 4.78. The first-order valence-electron chi connectivity index (χ1n) is 4.96. The smallest absolute Gasteiger partial charge is 0.244 e. The first-order valence-corrected chi connectivity index (χ1v) is 6.45. The number of H-pyrrole nitrogens is 1. The highest BCUT2D eigenvalue weighted by Gasteiger charge is 2.29. The number of amides is 1. The molecule has 0 fully saturated rings. The number of nitrogens with zero attached hydrogens (tertiary/aromatic N) is 1. The van der Waals surface area contributed by atoms with Crippen LogP contribution in [0.1, 0.15) is 26.0 Å². The molecule has 0 bridgehead atoms. The number of carbonyl (C=O) groups is 1. The lowest BCUT2D eigenvalue weighted by atomic mass is 10.0. The minimum absolute atomic E-state index is 0.0649. The predicted octanol–water partition coefficient (Wildman–Crippen LogP) is -0.350. The summed E-state index contributed by atoms with van der Waals surface area (Å²) in [6.07, 6.45) is 1.14. The third kappa shape index (κ3) is 3.53. The fraction of sp³-hybridized carbons (Fsp3) is 0.556. The number of sulfonamides is 1. The molecule has 0 saturated carbocycles. The van der Waals surface area contributed by atoms with Crippen molar-refractivity contribution in [2.24, 2.45) is 5.73 Å². The first kappa shape index (κ1) is 13.7. The SMILES string of the molecule is Cc1[nH]ncc1S(=O)(=O)NC(C)(C)CC(N)=O. The average Bonchev–Trinajstić information content (AvgIpc) is 2.46. The topological polar surface area (TPSA) is 118 Å². The molecule has 0 radical (unpaired) electrons. The van der Waals surface area contributed by atoms with Crippen LogP contribution in [0.4, 0.5) is 0 Å². The largest absolute Gasteiger partial charge is 0.370 e. The number of primary amides is 1. The lowest BCUT2D eigenvalue weighted by Gasteiger charge is -2.24. The number of nitrogens with one attached hydrogen (secondary N) is 2. The molecule has 0 atom stereocenters. The number of hydrogen-bond donors (Lipinski definition) is 3. The molecule has 1 heterocycles. The number of aromatic nitrogens is 2. The van der Waals surface area contributed by atoms with Crippen LogP contribution >= 0.6 is 0 Å². The van der Waals surface area contributed by atoms with Gasteiger partial charge in [-0.15, -0.1) is 0 Å². The number of aromatic amines is 1. The molecule has 8 heteroatoms. The van der Waals surface area contributed by atoms with Gasteiger partial charge in [0, 0.05) is 12.0 Å². The number of carbonyl (C=O) groups excluding carboxylic acids is 1. The molecule has 4 N–H and O–H groups in total. The monoisotopic (exact) mass is 260 g/mol. The summed E-state index contributed by atoms with van der Waals surface area (Å²) in [5.41, 5.74) is 4.55. The molecular weight excluding hydrogens is 244 g/mol. The van der Waals surface area contributed by atoms with Crippen LogP contribution in [0, 0.1) is 6.92 Å². The fourth-order valence-electron chi connectivity index (χ4n) is 1.50. The van der Waals surface area contributed by atoms with Crippen LogP contribution in [0.25, 0.3) is 0 Å². The predicted molar refractivity (Wildman–Crippen MR) is 61.5 cm³/mol. The molecule has 17 heavy (non-hydrogen) atoms. The molecular formula is C9H16N4O3S. The molecule has 0 aliphatic rings. The average molecular weight is 260 g/mol. The Labute approximate surface area is 99.8 Å². The minimum atomic E-state index is -3.70. The van der Waals surface area contributed by atoms with Crippen LogP contribution in [0.3, 0.4) is 0 Å². The van der Waals surface area contributed by atoms with Crippen LogP contribution < -0.4 is 10.5 Å². The fourth-order valence-corrected chi connectivity index (χ4v) is 3.05. The Hall–Kier alpha value is -1.41. The zero-order valence-electron chi connectivity index (χ0n) is 9.94. The molecule has 0 aromatic carbocycles. The van der Waals surface area contributed by atoms with Gasteiger partial charge in [0.2, 0.25) is 15.9 Å². The van der Waals surface area contributed by atoms with Gasteiger partial charge >= 0.3 is 0 Å². The van der Waals surface area contributed by atoms with Gasteiger partial charge in [-0.05, 0) is 20.8 Å². The van der Waals surface area contributed by atoms with E-state index in [0.717, 1.165) is 0 Å². The first-order chi connectivity index (χ1) is 7.64. The number of aryl methyl sites for hydroxylation is 1.